The molecule has 0 spiro atoms. The van der Waals surface area contributed by atoms with Gasteiger partial charge in [-0.05, 0) is 36.2 Å². The van der Waals surface area contributed by atoms with E-state index in [0.717, 1.165) is 21.9 Å². The van der Waals surface area contributed by atoms with Crippen LogP contribution in [0.15, 0.2) is 77.2 Å². The Morgan fingerprint density at radius 1 is 0.973 bits per heavy atom. The molecule has 4 aromatic rings. The fourth-order valence-electron chi connectivity index (χ4n) is 4.83. The molecule has 8 nitrogen and oxygen atoms in total. The van der Waals surface area contributed by atoms with Crippen molar-refractivity contribution < 1.29 is 28.3 Å². The summed E-state index contributed by atoms with van der Waals surface area (Å²) >= 11 is 0. The average Bonchev–Trinajstić information content (AvgIpc) is 3.52. The van der Waals surface area contributed by atoms with Gasteiger partial charge >= 0.3 is 5.97 Å². The number of fused-ring (bicyclic) bond motifs is 3. The predicted octanol–water partition coefficient (Wildman–Crippen LogP) is 3.92. The molecule has 1 N–H and O–H groups in total. The van der Waals surface area contributed by atoms with Gasteiger partial charge in [0.15, 0.2) is 0 Å². The first kappa shape index (κ1) is 24.5. The maximum atomic E-state index is 13.1. The van der Waals surface area contributed by atoms with Gasteiger partial charge < -0.3 is 24.1 Å². The molecule has 1 saturated heterocycles. The largest absolute Gasteiger partial charge is 0.459 e. The van der Waals surface area contributed by atoms with E-state index in [4.69, 9.17) is 13.9 Å². The Hall–Kier alpha value is -4.17. The lowest BCUT2D eigenvalue weighted by Crippen LogP contribution is -2.46. The van der Waals surface area contributed by atoms with Crippen LogP contribution in [0, 0.1) is 5.92 Å². The van der Waals surface area contributed by atoms with Crippen LogP contribution >= 0.6 is 0 Å². The molecule has 1 aliphatic rings. The van der Waals surface area contributed by atoms with E-state index < -0.39 is 12.0 Å². The van der Waals surface area contributed by atoms with Gasteiger partial charge in [-0.2, -0.15) is 0 Å². The van der Waals surface area contributed by atoms with E-state index in [1.54, 1.807) is 25.3 Å². The van der Waals surface area contributed by atoms with Crippen molar-refractivity contribution in [2.24, 2.45) is 5.92 Å². The zero-order chi connectivity index (χ0) is 25.8. The lowest BCUT2D eigenvalue weighted by Gasteiger charge is -2.23. The minimum absolute atomic E-state index is 0.00991. The molecule has 5 rings (SSSR count). The average molecular weight is 501 g/mol. The number of amides is 2. The van der Waals surface area contributed by atoms with Crippen molar-refractivity contribution in [2.45, 2.75) is 19.1 Å². The van der Waals surface area contributed by atoms with Crippen LogP contribution in [-0.4, -0.2) is 55.5 Å². The number of para-hydroxylation sites is 1. The van der Waals surface area contributed by atoms with Crippen molar-refractivity contribution in [3.63, 3.8) is 0 Å². The molecule has 1 fully saturated rings. The number of nitrogens with zero attached hydrogens (tertiary/aromatic N) is 1. The third kappa shape index (κ3) is 5.34. The maximum Gasteiger partial charge on any atom is 0.329 e. The minimum atomic E-state index is -0.720. The molecule has 1 aromatic heterocycles. The molecule has 2 amide bonds. The van der Waals surface area contributed by atoms with E-state index in [2.05, 4.69) is 5.32 Å². The van der Waals surface area contributed by atoms with Crippen molar-refractivity contribution >= 4 is 39.7 Å². The Morgan fingerprint density at radius 2 is 1.73 bits per heavy atom. The van der Waals surface area contributed by atoms with Gasteiger partial charge in [-0.15, -0.1) is 0 Å². The number of nitrogens with one attached hydrogen (secondary N) is 1. The van der Waals surface area contributed by atoms with Gasteiger partial charge in [-0.25, -0.2) is 4.79 Å². The molecule has 8 heteroatoms. The summed E-state index contributed by atoms with van der Waals surface area (Å²) in [5, 5.41) is 4.45. The highest BCUT2D eigenvalue weighted by molar-refractivity contribution is 6.08. The smallest absolute Gasteiger partial charge is 0.329 e. The van der Waals surface area contributed by atoms with Crippen LogP contribution in [-0.2, 0) is 25.7 Å². The Bertz CT molecular complexity index is 1430. The number of hydrogen-bond acceptors (Lipinski definition) is 6. The zero-order valence-corrected chi connectivity index (χ0v) is 20.5. The molecule has 1 unspecified atom stereocenters. The maximum absolute atomic E-state index is 13.1. The molecule has 190 valence electrons. The second-order valence-electron chi connectivity index (χ2n) is 9.20. The highest BCUT2D eigenvalue weighted by Gasteiger charge is 2.40. The summed E-state index contributed by atoms with van der Waals surface area (Å²) in [6.07, 6.45) is 0.450. The third-order valence-corrected chi connectivity index (χ3v) is 6.65. The quantitative estimate of drug-likeness (QED) is 0.368. The van der Waals surface area contributed by atoms with Crippen molar-refractivity contribution in [3.8, 4) is 0 Å². The van der Waals surface area contributed by atoms with E-state index in [-0.39, 0.29) is 30.9 Å². The fourth-order valence-corrected chi connectivity index (χ4v) is 4.83. The first-order valence-electron chi connectivity index (χ1n) is 12.2. The summed E-state index contributed by atoms with van der Waals surface area (Å²) in [6, 6.07) is 21.5. The van der Waals surface area contributed by atoms with E-state index in [1.165, 1.54) is 4.90 Å². The fraction of sp³-hybridized carbons (Fsp3) is 0.276. The number of methoxy groups -OCH3 is 1. The van der Waals surface area contributed by atoms with Crippen molar-refractivity contribution in [1.82, 2.24) is 10.2 Å². The molecule has 37 heavy (non-hydrogen) atoms. The summed E-state index contributed by atoms with van der Waals surface area (Å²) in [7, 11) is 1.59. The topological polar surface area (TPSA) is 98.1 Å². The van der Waals surface area contributed by atoms with Crippen LogP contribution in [0.1, 0.15) is 22.3 Å². The van der Waals surface area contributed by atoms with Gasteiger partial charge in [0.1, 0.15) is 23.8 Å². The highest BCUT2D eigenvalue weighted by atomic mass is 16.5. The molecule has 2 atom stereocenters. The molecular formula is C29H28N2O6. The molecule has 1 aliphatic heterocycles. The van der Waals surface area contributed by atoms with Gasteiger partial charge in [-0.1, -0.05) is 48.5 Å². The minimum Gasteiger partial charge on any atom is -0.459 e. The summed E-state index contributed by atoms with van der Waals surface area (Å²) in [6.45, 7) is 0.693. The third-order valence-electron chi connectivity index (χ3n) is 6.65. The molecular weight excluding hydrogens is 472 g/mol. The van der Waals surface area contributed by atoms with E-state index in [1.807, 2.05) is 54.6 Å². The predicted molar refractivity (Wildman–Crippen MR) is 138 cm³/mol. The summed E-state index contributed by atoms with van der Waals surface area (Å²) in [4.78, 5) is 40.4. The van der Waals surface area contributed by atoms with E-state index in [9.17, 15) is 14.4 Å². The molecule has 0 bridgehead atoms. The number of ether oxygens (including phenoxy) is 2. The second kappa shape index (κ2) is 10.8. The number of carbonyl (C=O) groups excluding carboxylic acids is 3. The molecule has 0 aliphatic carbocycles. The summed E-state index contributed by atoms with van der Waals surface area (Å²) < 4.78 is 16.6. The Kier molecular flexibility index (Phi) is 7.18. The number of rotatable bonds is 8. The van der Waals surface area contributed by atoms with E-state index >= 15 is 0 Å². The number of furan rings is 1. The molecule has 2 heterocycles. The van der Waals surface area contributed by atoms with Crippen LogP contribution in [0.4, 0.5) is 0 Å². The van der Waals surface area contributed by atoms with Crippen molar-refractivity contribution in [1.29, 1.82) is 0 Å². The molecule has 0 radical (unpaired) electrons. The number of esters is 1. The first-order chi connectivity index (χ1) is 18.0. The van der Waals surface area contributed by atoms with Crippen LogP contribution in [0.25, 0.3) is 21.9 Å². The standard InChI is InChI=1S/C29H28N2O6/c1-35-17-20-13-24(29(34)36-18-19-7-3-2-4-8-19)31(16-20)27(32)15-30-28(33)21-11-12-26-23(14-21)22-9-5-6-10-25(22)37-26/h2-12,14,20,24H,13,15-18H2,1H3,(H,30,33)/t20-,24?/m0/s1. The Balaban J connectivity index is 1.24. The SMILES string of the molecule is COC[C@H]1CC(C(=O)OCc2ccccc2)N(C(=O)CNC(=O)c2ccc3oc4ccccc4c3c2)C1. The number of hydrogen-bond donors (Lipinski definition) is 1. The second-order valence-corrected chi connectivity index (χ2v) is 9.20. The Morgan fingerprint density at radius 3 is 2.54 bits per heavy atom. The zero-order valence-electron chi connectivity index (χ0n) is 20.5. The van der Waals surface area contributed by atoms with Crippen molar-refractivity contribution in [2.75, 3.05) is 26.8 Å². The van der Waals surface area contributed by atoms with Crippen LogP contribution in [0.2, 0.25) is 0 Å². The van der Waals surface area contributed by atoms with Gasteiger partial charge in [0, 0.05) is 35.9 Å². The van der Waals surface area contributed by atoms with Gasteiger partial charge in [0.05, 0.1) is 13.2 Å². The Labute approximate surface area is 214 Å². The number of likely N-dealkylation sites (tertiary alicyclic amines) is 1. The summed E-state index contributed by atoms with van der Waals surface area (Å²) in [5.74, 6) is -1.17. The van der Waals surface area contributed by atoms with Gasteiger partial charge in [0.25, 0.3) is 5.91 Å². The van der Waals surface area contributed by atoms with Gasteiger partial charge in [0.2, 0.25) is 5.91 Å². The van der Waals surface area contributed by atoms with Gasteiger partial charge in [-0.3, -0.25) is 9.59 Å². The molecule has 0 saturated carbocycles. The monoisotopic (exact) mass is 500 g/mol. The normalized spacial score (nSPS) is 17.3. The first-order valence-corrected chi connectivity index (χ1v) is 12.2. The van der Waals surface area contributed by atoms with Crippen LogP contribution < -0.4 is 5.32 Å². The van der Waals surface area contributed by atoms with Crippen molar-refractivity contribution in [3.05, 3.63) is 83.9 Å². The number of benzene rings is 3. The molecule has 3 aromatic carbocycles. The summed E-state index contributed by atoms with van der Waals surface area (Å²) in [5.41, 5.74) is 2.72. The lowest BCUT2D eigenvalue weighted by molar-refractivity contribution is -0.154. The van der Waals surface area contributed by atoms with Crippen LogP contribution in [0.5, 0.6) is 0 Å². The van der Waals surface area contributed by atoms with E-state index in [0.29, 0.717) is 30.7 Å². The van der Waals surface area contributed by atoms with Crippen LogP contribution in [0.3, 0.4) is 0 Å². The highest BCUT2D eigenvalue weighted by Crippen LogP contribution is 2.29. The lowest BCUT2D eigenvalue weighted by atomic mass is 10.1. The number of carbonyl (C=O) groups is 3.